The lowest BCUT2D eigenvalue weighted by atomic mass is 10.00. The predicted octanol–water partition coefficient (Wildman–Crippen LogP) is 5.30. The topological polar surface area (TPSA) is 26.3 Å². The van der Waals surface area contributed by atoms with Crippen molar-refractivity contribution in [3.05, 3.63) is 54.1 Å². The number of allylic oxidation sites excluding steroid dienone is 2. The number of carbonyl (C=O) groups excluding carboxylic acids is 1. The maximum atomic E-state index is 12.1. The van der Waals surface area contributed by atoms with Crippen molar-refractivity contribution in [1.82, 2.24) is 0 Å². The lowest BCUT2D eigenvalue weighted by molar-refractivity contribution is -0.154. The fourth-order valence-corrected chi connectivity index (χ4v) is 2.90. The van der Waals surface area contributed by atoms with Crippen molar-refractivity contribution in [1.29, 1.82) is 0 Å². The van der Waals surface area contributed by atoms with Crippen LogP contribution in [0, 0.1) is 0 Å². The first-order valence-electron chi connectivity index (χ1n) is 8.31. The van der Waals surface area contributed by atoms with Gasteiger partial charge in [0.25, 0.3) is 0 Å². The molecule has 0 saturated heterocycles. The number of carbonyl (C=O) groups is 1. The molecule has 118 valence electrons. The molecule has 1 aromatic carbocycles. The zero-order chi connectivity index (χ0) is 15.7. The molecule has 0 bridgehead atoms. The Bertz CT molecular complexity index is 508. The van der Waals surface area contributed by atoms with Gasteiger partial charge in [-0.05, 0) is 57.1 Å². The van der Waals surface area contributed by atoms with Crippen LogP contribution < -0.4 is 0 Å². The average Bonchev–Trinajstić information content (AvgIpc) is 2.99. The van der Waals surface area contributed by atoms with Crippen LogP contribution in [0.15, 0.2) is 48.6 Å². The summed E-state index contributed by atoms with van der Waals surface area (Å²) < 4.78 is 5.85. The van der Waals surface area contributed by atoms with E-state index in [4.69, 9.17) is 4.74 Å². The molecule has 0 spiro atoms. The van der Waals surface area contributed by atoms with Crippen molar-refractivity contribution in [3.63, 3.8) is 0 Å². The Balaban J connectivity index is 1.93. The fourth-order valence-electron chi connectivity index (χ4n) is 2.90. The molecule has 0 heterocycles. The van der Waals surface area contributed by atoms with Crippen molar-refractivity contribution < 1.29 is 9.53 Å². The van der Waals surface area contributed by atoms with E-state index in [2.05, 4.69) is 30.4 Å². The zero-order valence-corrected chi connectivity index (χ0v) is 13.5. The third-order valence-corrected chi connectivity index (χ3v) is 4.13. The van der Waals surface area contributed by atoms with E-state index < -0.39 is 0 Å². The van der Waals surface area contributed by atoms with E-state index in [1.54, 1.807) is 0 Å². The second kappa shape index (κ2) is 8.57. The Hall–Kier alpha value is -1.83. The summed E-state index contributed by atoms with van der Waals surface area (Å²) in [6.45, 7) is 2.00. The summed E-state index contributed by atoms with van der Waals surface area (Å²) in [5, 5.41) is 0. The van der Waals surface area contributed by atoms with Gasteiger partial charge in [0.1, 0.15) is 5.60 Å². The van der Waals surface area contributed by atoms with Gasteiger partial charge in [-0.3, -0.25) is 4.79 Å². The van der Waals surface area contributed by atoms with Gasteiger partial charge in [0, 0.05) is 6.42 Å². The molecule has 0 radical (unpaired) electrons. The molecule has 22 heavy (non-hydrogen) atoms. The summed E-state index contributed by atoms with van der Waals surface area (Å²) in [5.74, 6) is -0.0656. The molecular formula is C20H26O2. The SMILES string of the molecule is CC=CCCCC(=O)OC1(C=Cc2ccccc2)CCCC1. The van der Waals surface area contributed by atoms with Crippen LogP contribution >= 0.6 is 0 Å². The van der Waals surface area contributed by atoms with Crippen LogP contribution in [0.1, 0.15) is 57.4 Å². The number of esters is 1. The zero-order valence-electron chi connectivity index (χ0n) is 13.5. The van der Waals surface area contributed by atoms with Gasteiger partial charge in [-0.25, -0.2) is 0 Å². The Morgan fingerprint density at radius 1 is 1.23 bits per heavy atom. The van der Waals surface area contributed by atoms with E-state index in [1.165, 1.54) is 0 Å². The molecule has 0 aliphatic heterocycles. The van der Waals surface area contributed by atoms with Crippen molar-refractivity contribution >= 4 is 12.0 Å². The molecule has 1 fully saturated rings. The van der Waals surface area contributed by atoms with Gasteiger partial charge in [0.05, 0.1) is 0 Å². The third kappa shape index (κ3) is 5.18. The van der Waals surface area contributed by atoms with Gasteiger partial charge in [0.15, 0.2) is 0 Å². The number of rotatable bonds is 7. The summed E-state index contributed by atoms with van der Waals surface area (Å²) in [7, 11) is 0. The monoisotopic (exact) mass is 298 g/mol. The molecule has 0 amide bonds. The largest absolute Gasteiger partial charge is 0.455 e. The van der Waals surface area contributed by atoms with Crippen LogP contribution in [0.2, 0.25) is 0 Å². The minimum absolute atomic E-state index is 0.0656. The van der Waals surface area contributed by atoms with Gasteiger partial charge >= 0.3 is 5.97 Å². The summed E-state index contributed by atoms with van der Waals surface area (Å²) >= 11 is 0. The second-order valence-corrected chi connectivity index (χ2v) is 5.95. The molecule has 0 aromatic heterocycles. The fraction of sp³-hybridized carbons (Fsp3) is 0.450. The maximum absolute atomic E-state index is 12.1. The van der Waals surface area contributed by atoms with Crippen molar-refractivity contribution in [2.24, 2.45) is 0 Å². The molecular weight excluding hydrogens is 272 g/mol. The lowest BCUT2D eigenvalue weighted by Gasteiger charge is -2.25. The average molecular weight is 298 g/mol. The Morgan fingerprint density at radius 3 is 2.64 bits per heavy atom. The normalized spacial score (nSPS) is 17.3. The summed E-state index contributed by atoms with van der Waals surface area (Å²) in [5.41, 5.74) is 0.769. The van der Waals surface area contributed by atoms with Crippen molar-refractivity contribution in [2.75, 3.05) is 0 Å². The number of hydrogen-bond acceptors (Lipinski definition) is 2. The van der Waals surface area contributed by atoms with Crippen LogP contribution in [0.25, 0.3) is 6.08 Å². The first-order valence-corrected chi connectivity index (χ1v) is 8.31. The number of ether oxygens (including phenoxy) is 1. The molecule has 2 nitrogen and oxygen atoms in total. The second-order valence-electron chi connectivity index (χ2n) is 5.95. The van der Waals surface area contributed by atoms with Gasteiger partial charge in [-0.2, -0.15) is 0 Å². The smallest absolute Gasteiger partial charge is 0.306 e. The minimum atomic E-state index is -0.381. The molecule has 1 aliphatic carbocycles. The Labute approximate surface area is 133 Å². The Kier molecular flexibility index (Phi) is 6.45. The molecule has 2 rings (SSSR count). The number of benzene rings is 1. The standard InChI is InChI=1S/C20H26O2/c1-2-3-4-8-13-19(21)22-20(15-9-10-16-20)17-14-18-11-6-5-7-12-18/h2-3,5-7,11-12,14,17H,4,8-10,13,15-16H2,1H3. The van der Waals surface area contributed by atoms with Crippen LogP contribution in [-0.4, -0.2) is 11.6 Å². The predicted molar refractivity (Wildman–Crippen MR) is 91.4 cm³/mol. The van der Waals surface area contributed by atoms with Crippen molar-refractivity contribution in [2.45, 2.75) is 57.5 Å². The van der Waals surface area contributed by atoms with E-state index in [-0.39, 0.29) is 11.6 Å². The van der Waals surface area contributed by atoms with E-state index in [9.17, 15) is 4.79 Å². The van der Waals surface area contributed by atoms with Crippen molar-refractivity contribution in [3.8, 4) is 0 Å². The lowest BCUT2D eigenvalue weighted by Crippen LogP contribution is -2.29. The van der Waals surface area contributed by atoms with Crippen LogP contribution in [0.3, 0.4) is 0 Å². The third-order valence-electron chi connectivity index (χ3n) is 4.13. The van der Waals surface area contributed by atoms with Gasteiger partial charge in [-0.15, -0.1) is 0 Å². The molecule has 1 aromatic rings. The van der Waals surface area contributed by atoms with Gasteiger partial charge in [0.2, 0.25) is 0 Å². The van der Waals surface area contributed by atoms with E-state index in [0.717, 1.165) is 44.1 Å². The summed E-state index contributed by atoms with van der Waals surface area (Å²) in [6.07, 6.45) is 14.7. The first kappa shape index (κ1) is 16.5. The quantitative estimate of drug-likeness (QED) is 0.388. The van der Waals surface area contributed by atoms with Crippen LogP contribution in [0.4, 0.5) is 0 Å². The summed E-state index contributed by atoms with van der Waals surface area (Å²) in [6, 6.07) is 10.2. The molecule has 0 unspecified atom stereocenters. The van der Waals surface area contributed by atoms with Crippen LogP contribution in [0.5, 0.6) is 0 Å². The van der Waals surface area contributed by atoms with E-state index >= 15 is 0 Å². The Morgan fingerprint density at radius 2 is 1.95 bits per heavy atom. The highest BCUT2D eigenvalue weighted by atomic mass is 16.6. The number of hydrogen-bond donors (Lipinski definition) is 0. The maximum Gasteiger partial charge on any atom is 0.306 e. The molecule has 0 N–H and O–H groups in total. The highest BCUT2D eigenvalue weighted by Gasteiger charge is 2.34. The molecule has 1 aliphatic rings. The van der Waals surface area contributed by atoms with Gasteiger partial charge < -0.3 is 4.74 Å². The highest BCUT2D eigenvalue weighted by molar-refractivity contribution is 5.70. The number of unbranched alkanes of at least 4 members (excludes halogenated alkanes) is 1. The molecule has 2 heteroatoms. The highest BCUT2D eigenvalue weighted by Crippen LogP contribution is 2.35. The molecule has 1 saturated carbocycles. The van der Waals surface area contributed by atoms with Crippen LogP contribution in [-0.2, 0) is 9.53 Å². The van der Waals surface area contributed by atoms with E-state index in [0.29, 0.717) is 6.42 Å². The first-order chi connectivity index (χ1) is 10.7. The van der Waals surface area contributed by atoms with E-state index in [1.807, 2.05) is 31.2 Å². The minimum Gasteiger partial charge on any atom is -0.455 e. The van der Waals surface area contributed by atoms with Gasteiger partial charge in [-0.1, -0.05) is 48.6 Å². The molecule has 0 atom stereocenters. The summed E-state index contributed by atoms with van der Waals surface area (Å²) in [4.78, 5) is 12.1.